The first-order chi connectivity index (χ1) is 15.8. The van der Waals surface area contributed by atoms with Crippen molar-refractivity contribution in [2.24, 2.45) is 0 Å². The van der Waals surface area contributed by atoms with E-state index >= 15 is 0 Å². The lowest BCUT2D eigenvalue weighted by Gasteiger charge is -2.24. The lowest BCUT2D eigenvalue weighted by molar-refractivity contribution is -0.114. The van der Waals surface area contributed by atoms with E-state index in [1.54, 1.807) is 36.4 Å². The number of halogens is 1. The predicted octanol–water partition coefficient (Wildman–Crippen LogP) is 4.20. The van der Waals surface area contributed by atoms with E-state index in [0.29, 0.717) is 22.2 Å². The Morgan fingerprint density at radius 3 is 2.24 bits per heavy atom. The molecular weight excluding hydrogens is 468 g/mol. The summed E-state index contributed by atoms with van der Waals surface area (Å²) in [5.41, 5.74) is 0.744. The molecule has 0 saturated carbocycles. The molecule has 3 aromatic carbocycles. The van der Waals surface area contributed by atoms with E-state index in [2.05, 4.69) is 5.32 Å². The van der Waals surface area contributed by atoms with E-state index in [-0.39, 0.29) is 16.3 Å². The minimum Gasteiger partial charge on any atom is -0.497 e. The fourth-order valence-electron chi connectivity index (χ4n) is 3.06. The molecule has 1 amide bonds. The lowest BCUT2D eigenvalue weighted by atomic mass is 10.3. The Kier molecular flexibility index (Phi) is 7.67. The van der Waals surface area contributed by atoms with Crippen LogP contribution in [-0.4, -0.2) is 42.2 Å². The Labute approximate surface area is 197 Å². The first-order valence-corrected chi connectivity index (χ1v) is 11.5. The third-order valence-corrected chi connectivity index (χ3v) is 6.72. The molecule has 0 saturated heterocycles. The summed E-state index contributed by atoms with van der Waals surface area (Å²) in [7, 11) is 0.220. The van der Waals surface area contributed by atoms with Gasteiger partial charge in [0.1, 0.15) is 12.3 Å². The molecule has 3 rings (SSSR count). The summed E-state index contributed by atoms with van der Waals surface area (Å²) in [6.07, 6.45) is 0. The Morgan fingerprint density at radius 1 is 0.909 bits per heavy atom. The molecule has 0 fully saturated rings. The average Bonchev–Trinajstić information content (AvgIpc) is 2.82. The van der Waals surface area contributed by atoms with Gasteiger partial charge in [-0.25, -0.2) is 8.42 Å². The summed E-state index contributed by atoms with van der Waals surface area (Å²) < 4.78 is 43.7. The molecule has 3 aromatic rings. The Hall–Kier alpha value is -3.43. The summed E-state index contributed by atoms with van der Waals surface area (Å²) in [6, 6.07) is 17.1. The number of anilines is 2. The van der Waals surface area contributed by atoms with Crippen molar-refractivity contribution < 1.29 is 27.4 Å². The van der Waals surface area contributed by atoms with Gasteiger partial charge in [-0.2, -0.15) is 0 Å². The number of sulfonamides is 1. The number of rotatable bonds is 9. The number of hydrogen-bond acceptors (Lipinski definition) is 6. The zero-order valence-corrected chi connectivity index (χ0v) is 19.8. The molecule has 8 nitrogen and oxygen atoms in total. The second kappa shape index (κ2) is 10.5. The molecule has 0 unspecified atom stereocenters. The first kappa shape index (κ1) is 24.2. The van der Waals surface area contributed by atoms with Crippen molar-refractivity contribution in [1.29, 1.82) is 0 Å². The van der Waals surface area contributed by atoms with Gasteiger partial charge < -0.3 is 19.5 Å². The van der Waals surface area contributed by atoms with E-state index in [1.165, 1.54) is 51.7 Å². The molecule has 0 radical (unpaired) electrons. The van der Waals surface area contributed by atoms with Gasteiger partial charge in [0.2, 0.25) is 5.91 Å². The summed E-state index contributed by atoms with van der Waals surface area (Å²) >= 11 is 5.97. The molecule has 0 atom stereocenters. The molecule has 0 bridgehead atoms. The Bertz CT molecular complexity index is 1230. The average molecular weight is 491 g/mol. The predicted molar refractivity (Wildman–Crippen MR) is 127 cm³/mol. The number of benzene rings is 3. The Balaban J connectivity index is 1.97. The quantitative estimate of drug-likeness (QED) is 0.483. The molecule has 0 spiro atoms. The van der Waals surface area contributed by atoms with E-state index < -0.39 is 22.5 Å². The van der Waals surface area contributed by atoms with Crippen molar-refractivity contribution in [2.45, 2.75) is 4.90 Å². The topological polar surface area (TPSA) is 94.2 Å². The molecule has 0 aliphatic carbocycles. The van der Waals surface area contributed by atoms with Crippen LogP contribution >= 0.6 is 11.6 Å². The SMILES string of the molecule is COc1cccc(NC(=O)CN(c2ccc(Cl)cc2)S(=O)(=O)c2ccc(OC)c(OC)c2)c1. The summed E-state index contributed by atoms with van der Waals surface area (Å²) in [5, 5.41) is 3.13. The third kappa shape index (κ3) is 5.68. The van der Waals surface area contributed by atoms with Crippen molar-refractivity contribution in [3.8, 4) is 17.2 Å². The maximum atomic E-state index is 13.6. The van der Waals surface area contributed by atoms with Gasteiger partial charge in [0.15, 0.2) is 11.5 Å². The van der Waals surface area contributed by atoms with Gasteiger partial charge in [-0.3, -0.25) is 9.10 Å². The van der Waals surface area contributed by atoms with E-state index in [1.807, 2.05) is 0 Å². The maximum Gasteiger partial charge on any atom is 0.264 e. The van der Waals surface area contributed by atoms with Crippen molar-refractivity contribution in [3.63, 3.8) is 0 Å². The van der Waals surface area contributed by atoms with E-state index in [0.717, 1.165) is 4.31 Å². The van der Waals surface area contributed by atoms with Crippen LogP contribution < -0.4 is 23.8 Å². The van der Waals surface area contributed by atoms with E-state index in [4.69, 9.17) is 25.8 Å². The number of ether oxygens (including phenoxy) is 3. The highest BCUT2D eigenvalue weighted by molar-refractivity contribution is 7.92. The number of hydrogen-bond donors (Lipinski definition) is 1. The normalized spacial score (nSPS) is 10.9. The van der Waals surface area contributed by atoms with Gasteiger partial charge in [0.25, 0.3) is 10.0 Å². The number of amides is 1. The van der Waals surface area contributed by atoms with Gasteiger partial charge in [0.05, 0.1) is 31.9 Å². The van der Waals surface area contributed by atoms with Crippen molar-refractivity contribution >= 4 is 38.9 Å². The monoisotopic (exact) mass is 490 g/mol. The molecule has 174 valence electrons. The van der Waals surface area contributed by atoms with Crippen LogP contribution in [0.3, 0.4) is 0 Å². The highest BCUT2D eigenvalue weighted by atomic mass is 35.5. The molecular formula is C23H23ClN2O6S. The number of methoxy groups -OCH3 is 3. The van der Waals surface area contributed by atoms with Crippen LogP contribution in [0.4, 0.5) is 11.4 Å². The van der Waals surface area contributed by atoms with Crippen molar-refractivity contribution in [2.75, 3.05) is 37.5 Å². The van der Waals surface area contributed by atoms with Crippen molar-refractivity contribution in [3.05, 3.63) is 71.8 Å². The molecule has 1 N–H and O–H groups in total. The maximum absolute atomic E-state index is 13.6. The van der Waals surface area contributed by atoms with Crippen LogP contribution in [0.5, 0.6) is 17.2 Å². The van der Waals surface area contributed by atoms with Gasteiger partial charge in [-0.15, -0.1) is 0 Å². The fourth-order valence-corrected chi connectivity index (χ4v) is 4.62. The van der Waals surface area contributed by atoms with Crippen LogP contribution in [0, 0.1) is 0 Å². The third-order valence-electron chi connectivity index (χ3n) is 4.70. The summed E-state index contributed by atoms with van der Waals surface area (Å²) in [6.45, 7) is -0.477. The van der Waals surface area contributed by atoms with Crippen LogP contribution in [0.15, 0.2) is 71.6 Å². The van der Waals surface area contributed by atoms with Crippen molar-refractivity contribution in [1.82, 2.24) is 0 Å². The minimum atomic E-state index is -4.16. The van der Waals surface area contributed by atoms with Gasteiger partial charge in [0, 0.05) is 22.8 Å². The second-order valence-corrected chi connectivity index (χ2v) is 9.08. The van der Waals surface area contributed by atoms with Gasteiger partial charge >= 0.3 is 0 Å². The number of carbonyl (C=O) groups excluding carboxylic acids is 1. The van der Waals surface area contributed by atoms with Crippen LogP contribution in [-0.2, 0) is 14.8 Å². The summed E-state index contributed by atoms with van der Waals surface area (Å²) in [5.74, 6) is 0.642. The molecule has 0 aliphatic heterocycles. The van der Waals surface area contributed by atoms with Crippen LogP contribution in [0.1, 0.15) is 0 Å². The summed E-state index contributed by atoms with van der Waals surface area (Å²) in [4.78, 5) is 12.8. The molecule has 0 aliphatic rings. The second-order valence-electron chi connectivity index (χ2n) is 6.79. The largest absolute Gasteiger partial charge is 0.497 e. The minimum absolute atomic E-state index is 0.0655. The van der Waals surface area contributed by atoms with E-state index in [9.17, 15) is 13.2 Å². The number of carbonyl (C=O) groups is 1. The number of nitrogens with one attached hydrogen (secondary N) is 1. The zero-order chi connectivity index (χ0) is 24.0. The highest BCUT2D eigenvalue weighted by Crippen LogP contribution is 2.32. The van der Waals surface area contributed by atoms with Crippen LogP contribution in [0.2, 0.25) is 5.02 Å². The number of nitrogens with zero attached hydrogens (tertiary/aromatic N) is 1. The van der Waals surface area contributed by atoms with Crippen LogP contribution in [0.25, 0.3) is 0 Å². The molecule has 0 heterocycles. The molecule has 10 heteroatoms. The molecule has 33 heavy (non-hydrogen) atoms. The first-order valence-electron chi connectivity index (χ1n) is 9.72. The molecule has 0 aromatic heterocycles. The zero-order valence-electron chi connectivity index (χ0n) is 18.2. The van der Waals surface area contributed by atoms with Gasteiger partial charge in [-0.05, 0) is 48.5 Å². The van der Waals surface area contributed by atoms with Gasteiger partial charge in [-0.1, -0.05) is 17.7 Å². The highest BCUT2D eigenvalue weighted by Gasteiger charge is 2.28. The fraction of sp³-hybridized carbons (Fsp3) is 0.174. The lowest BCUT2D eigenvalue weighted by Crippen LogP contribution is -2.38. The smallest absolute Gasteiger partial charge is 0.264 e. The standard InChI is InChI=1S/C23H23ClN2O6S/c1-30-19-6-4-5-17(13-19)25-23(27)15-26(18-9-7-16(24)8-10-18)33(28,29)20-11-12-21(31-2)22(14-20)32-3/h4-14H,15H2,1-3H3,(H,25,27). The Morgan fingerprint density at radius 2 is 1.61 bits per heavy atom.